The highest BCUT2D eigenvalue weighted by Crippen LogP contribution is 2.07. The van der Waals surface area contributed by atoms with Crippen molar-refractivity contribution in [3.05, 3.63) is 43.0 Å². The van der Waals surface area contributed by atoms with Gasteiger partial charge in [0.2, 0.25) is 5.91 Å². The number of hydrogen-bond donors (Lipinski definition) is 2. The predicted molar refractivity (Wildman–Crippen MR) is 62.5 cm³/mol. The van der Waals surface area contributed by atoms with Gasteiger partial charge in [-0.2, -0.15) is 0 Å². The van der Waals surface area contributed by atoms with E-state index in [1.54, 1.807) is 0 Å². The molecule has 0 saturated heterocycles. The predicted octanol–water partition coefficient (Wildman–Crippen LogP) is 2.14. The zero-order chi connectivity index (χ0) is 11.1. The van der Waals surface area contributed by atoms with Crippen LogP contribution in [0.15, 0.2) is 43.0 Å². The van der Waals surface area contributed by atoms with E-state index in [1.807, 2.05) is 37.3 Å². The van der Waals surface area contributed by atoms with Gasteiger partial charge >= 0.3 is 0 Å². The third kappa shape index (κ3) is 3.85. The second-order valence-electron chi connectivity index (χ2n) is 3.18. The molecule has 2 N–H and O–H groups in total. The largest absolute Gasteiger partial charge is 0.365 e. The van der Waals surface area contributed by atoms with Gasteiger partial charge in [0.1, 0.15) is 0 Å². The lowest BCUT2D eigenvalue weighted by Gasteiger charge is -2.18. The van der Waals surface area contributed by atoms with Crippen LogP contribution in [0.4, 0.5) is 5.69 Å². The van der Waals surface area contributed by atoms with Gasteiger partial charge < -0.3 is 10.6 Å². The summed E-state index contributed by atoms with van der Waals surface area (Å²) in [5, 5.41) is 6.01. The zero-order valence-electron chi connectivity index (χ0n) is 8.86. The summed E-state index contributed by atoms with van der Waals surface area (Å²) in [6, 6.07) is 9.77. The monoisotopic (exact) mass is 204 g/mol. The SMILES string of the molecule is C=CC(=O)NC(CC)Nc1ccccc1. The Morgan fingerprint density at radius 2 is 2.13 bits per heavy atom. The van der Waals surface area contributed by atoms with Crippen LogP contribution < -0.4 is 10.6 Å². The minimum absolute atomic E-state index is 0.0575. The summed E-state index contributed by atoms with van der Waals surface area (Å²) >= 11 is 0. The fraction of sp³-hybridized carbons (Fsp3) is 0.250. The molecule has 3 nitrogen and oxygen atoms in total. The van der Waals surface area contributed by atoms with Crippen molar-refractivity contribution in [2.45, 2.75) is 19.5 Å². The molecule has 0 fully saturated rings. The van der Waals surface area contributed by atoms with E-state index >= 15 is 0 Å². The van der Waals surface area contributed by atoms with Crippen molar-refractivity contribution in [1.29, 1.82) is 0 Å². The number of benzene rings is 1. The maximum atomic E-state index is 11.1. The number of hydrogen-bond acceptors (Lipinski definition) is 2. The Kier molecular flexibility index (Phi) is 4.41. The van der Waals surface area contributed by atoms with Gasteiger partial charge in [-0.1, -0.05) is 31.7 Å². The molecule has 3 heteroatoms. The van der Waals surface area contributed by atoms with Gasteiger partial charge in [-0.05, 0) is 24.6 Å². The van der Waals surface area contributed by atoms with E-state index in [1.165, 1.54) is 6.08 Å². The first kappa shape index (κ1) is 11.3. The van der Waals surface area contributed by atoms with Gasteiger partial charge in [0.15, 0.2) is 0 Å². The van der Waals surface area contributed by atoms with E-state index in [0.29, 0.717) is 0 Å². The Morgan fingerprint density at radius 3 is 2.67 bits per heavy atom. The Balaban J connectivity index is 2.54. The summed E-state index contributed by atoms with van der Waals surface area (Å²) in [5.41, 5.74) is 0.994. The lowest BCUT2D eigenvalue weighted by molar-refractivity contribution is -0.117. The lowest BCUT2D eigenvalue weighted by atomic mass is 10.3. The number of rotatable bonds is 5. The van der Waals surface area contributed by atoms with Crippen molar-refractivity contribution in [2.75, 3.05) is 5.32 Å². The molecule has 1 rings (SSSR count). The second kappa shape index (κ2) is 5.86. The number of carbonyl (C=O) groups excluding carboxylic acids is 1. The van der Waals surface area contributed by atoms with Gasteiger partial charge in [0.25, 0.3) is 0 Å². The molecule has 1 aromatic rings. The molecule has 0 aromatic heterocycles. The average Bonchev–Trinajstić information content (AvgIpc) is 2.29. The molecule has 0 aliphatic carbocycles. The number of nitrogens with one attached hydrogen (secondary N) is 2. The van der Waals surface area contributed by atoms with Gasteiger partial charge in [-0.15, -0.1) is 0 Å². The van der Waals surface area contributed by atoms with E-state index in [-0.39, 0.29) is 12.1 Å². The first-order chi connectivity index (χ1) is 7.26. The molecule has 1 unspecified atom stereocenters. The standard InChI is InChI=1S/C12H16N2O/c1-3-11(14-12(15)4-2)13-10-8-6-5-7-9-10/h4-9,11,13H,2-3H2,1H3,(H,14,15). The molecule has 1 aromatic carbocycles. The molecule has 80 valence electrons. The van der Waals surface area contributed by atoms with Gasteiger partial charge in [-0.3, -0.25) is 4.79 Å². The summed E-state index contributed by atoms with van der Waals surface area (Å²) < 4.78 is 0. The van der Waals surface area contributed by atoms with Crippen LogP contribution in [0.5, 0.6) is 0 Å². The van der Waals surface area contributed by atoms with Crippen molar-refractivity contribution in [2.24, 2.45) is 0 Å². The quantitative estimate of drug-likeness (QED) is 0.570. The van der Waals surface area contributed by atoms with Crippen molar-refractivity contribution in [1.82, 2.24) is 5.32 Å². The fourth-order valence-electron chi connectivity index (χ4n) is 1.21. The summed E-state index contributed by atoms with van der Waals surface area (Å²) in [5.74, 6) is -0.162. The first-order valence-electron chi connectivity index (χ1n) is 5.00. The van der Waals surface area contributed by atoms with Gasteiger partial charge in [0.05, 0.1) is 6.17 Å². The van der Waals surface area contributed by atoms with Crippen molar-refractivity contribution in [3.63, 3.8) is 0 Å². The normalized spacial score (nSPS) is 11.5. The van der Waals surface area contributed by atoms with Crippen LogP contribution >= 0.6 is 0 Å². The highest BCUT2D eigenvalue weighted by atomic mass is 16.1. The third-order valence-electron chi connectivity index (χ3n) is 2.02. The number of anilines is 1. The molecule has 0 aliphatic heterocycles. The number of amides is 1. The molecule has 1 atom stereocenters. The molecule has 15 heavy (non-hydrogen) atoms. The number of para-hydroxylation sites is 1. The minimum atomic E-state index is -0.162. The summed E-state index contributed by atoms with van der Waals surface area (Å²) in [7, 11) is 0. The second-order valence-corrected chi connectivity index (χ2v) is 3.18. The third-order valence-corrected chi connectivity index (χ3v) is 2.02. The van der Waals surface area contributed by atoms with E-state index in [9.17, 15) is 4.79 Å². The molecule has 1 amide bonds. The Hall–Kier alpha value is -1.77. The van der Waals surface area contributed by atoms with Crippen LogP contribution in [0.25, 0.3) is 0 Å². The van der Waals surface area contributed by atoms with E-state index < -0.39 is 0 Å². The van der Waals surface area contributed by atoms with E-state index in [4.69, 9.17) is 0 Å². The Labute approximate surface area is 90.2 Å². The van der Waals surface area contributed by atoms with Crippen molar-refractivity contribution >= 4 is 11.6 Å². The molecule has 0 spiro atoms. The van der Waals surface area contributed by atoms with Crippen molar-refractivity contribution < 1.29 is 4.79 Å². The molecule has 0 radical (unpaired) electrons. The summed E-state index contributed by atoms with van der Waals surface area (Å²) in [4.78, 5) is 11.1. The molecule has 0 saturated carbocycles. The molecular weight excluding hydrogens is 188 g/mol. The summed E-state index contributed by atoms with van der Waals surface area (Å²) in [6.07, 6.45) is 2.03. The van der Waals surface area contributed by atoms with Crippen LogP contribution in [0.2, 0.25) is 0 Å². The average molecular weight is 204 g/mol. The van der Waals surface area contributed by atoms with Gasteiger partial charge in [0, 0.05) is 5.69 Å². The van der Waals surface area contributed by atoms with Crippen LogP contribution in [-0.4, -0.2) is 12.1 Å². The first-order valence-corrected chi connectivity index (χ1v) is 5.00. The maximum Gasteiger partial charge on any atom is 0.244 e. The van der Waals surface area contributed by atoms with Crippen LogP contribution in [0.1, 0.15) is 13.3 Å². The Bertz CT molecular complexity index is 322. The van der Waals surface area contributed by atoms with Crippen molar-refractivity contribution in [3.8, 4) is 0 Å². The molecular formula is C12H16N2O. The maximum absolute atomic E-state index is 11.1. The van der Waals surface area contributed by atoms with E-state index in [0.717, 1.165) is 12.1 Å². The summed E-state index contributed by atoms with van der Waals surface area (Å²) in [6.45, 7) is 5.42. The topological polar surface area (TPSA) is 41.1 Å². The highest BCUT2D eigenvalue weighted by Gasteiger charge is 2.06. The molecule has 0 aliphatic rings. The zero-order valence-corrected chi connectivity index (χ0v) is 8.86. The van der Waals surface area contributed by atoms with Crippen LogP contribution in [-0.2, 0) is 4.79 Å². The highest BCUT2D eigenvalue weighted by molar-refractivity contribution is 5.87. The smallest absolute Gasteiger partial charge is 0.244 e. The number of carbonyl (C=O) groups is 1. The molecule has 0 bridgehead atoms. The fourth-order valence-corrected chi connectivity index (χ4v) is 1.21. The molecule has 0 heterocycles. The van der Waals surface area contributed by atoms with E-state index in [2.05, 4.69) is 17.2 Å². The Morgan fingerprint density at radius 1 is 1.47 bits per heavy atom. The van der Waals surface area contributed by atoms with Crippen LogP contribution in [0.3, 0.4) is 0 Å². The van der Waals surface area contributed by atoms with Gasteiger partial charge in [-0.25, -0.2) is 0 Å². The van der Waals surface area contributed by atoms with Crippen LogP contribution in [0, 0.1) is 0 Å². The lowest BCUT2D eigenvalue weighted by Crippen LogP contribution is -2.39. The minimum Gasteiger partial charge on any atom is -0.365 e.